The zero-order valence-corrected chi connectivity index (χ0v) is 19.6. The fourth-order valence-electron chi connectivity index (χ4n) is 3.95. The molecule has 176 valence electrons. The highest BCUT2D eigenvalue weighted by Crippen LogP contribution is 2.34. The third kappa shape index (κ3) is 5.82. The molecule has 3 heterocycles. The summed E-state index contributed by atoms with van der Waals surface area (Å²) in [6.07, 6.45) is 9.26. The van der Waals surface area contributed by atoms with Crippen molar-refractivity contribution in [3.63, 3.8) is 0 Å². The van der Waals surface area contributed by atoms with Gasteiger partial charge in [-0.15, -0.1) is 0 Å². The number of rotatable bonds is 10. The molecule has 0 unspecified atom stereocenters. The Morgan fingerprint density at radius 1 is 1.36 bits per heavy atom. The van der Waals surface area contributed by atoms with Gasteiger partial charge in [0.05, 0.1) is 18.8 Å². The summed E-state index contributed by atoms with van der Waals surface area (Å²) >= 11 is 0. The minimum Gasteiger partial charge on any atom is -0.497 e. The summed E-state index contributed by atoms with van der Waals surface area (Å²) in [6, 6.07) is 6.07. The molecule has 4 rings (SSSR count). The van der Waals surface area contributed by atoms with Gasteiger partial charge in [0.25, 0.3) is 5.56 Å². The molecule has 33 heavy (non-hydrogen) atoms. The SMILES string of the molecule is COc1ccnc(-c2c[nH]c(=O)c(N(CC3CC3)C3CN(C(=O)C=CCNC(C)C)C3)c2)c1. The first-order valence-electron chi connectivity index (χ1n) is 11.6. The number of anilines is 1. The van der Waals surface area contributed by atoms with E-state index in [1.165, 1.54) is 12.8 Å². The Morgan fingerprint density at radius 3 is 2.85 bits per heavy atom. The van der Waals surface area contributed by atoms with Crippen molar-refractivity contribution >= 4 is 11.6 Å². The first-order valence-corrected chi connectivity index (χ1v) is 11.6. The lowest BCUT2D eigenvalue weighted by molar-refractivity contribution is -0.130. The number of nitrogens with one attached hydrogen (secondary N) is 2. The normalized spacial score (nSPS) is 16.3. The number of aromatic nitrogens is 2. The average Bonchev–Trinajstić information content (AvgIpc) is 3.59. The number of likely N-dealkylation sites (tertiary alicyclic amines) is 1. The molecule has 0 radical (unpaired) electrons. The number of H-pyrrole nitrogens is 1. The Hall–Kier alpha value is -3.13. The zero-order chi connectivity index (χ0) is 23.4. The van der Waals surface area contributed by atoms with E-state index >= 15 is 0 Å². The number of methoxy groups -OCH3 is 1. The largest absolute Gasteiger partial charge is 0.497 e. The lowest BCUT2D eigenvalue weighted by Crippen LogP contribution is -2.62. The summed E-state index contributed by atoms with van der Waals surface area (Å²) in [4.78, 5) is 36.6. The molecule has 2 aromatic heterocycles. The van der Waals surface area contributed by atoms with Crippen LogP contribution in [0.4, 0.5) is 5.69 Å². The van der Waals surface area contributed by atoms with Gasteiger partial charge in [0.1, 0.15) is 11.4 Å². The molecule has 1 amide bonds. The summed E-state index contributed by atoms with van der Waals surface area (Å²) in [5.41, 5.74) is 2.09. The van der Waals surface area contributed by atoms with E-state index < -0.39 is 0 Å². The van der Waals surface area contributed by atoms with Crippen LogP contribution in [-0.4, -0.2) is 66.1 Å². The highest BCUT2D eigenvalue weighted by Gasteiger charge is 2.37. The van der Waals surface area contributed by atoms with Gasteiger partial charge in [-0.2, -0.15) is 0 Å². The van der Waals surface area contributed by atoms with Crippen molar-refractivity contribution in [1.29, 1.82) is 0 Å². The van der Waals surface area contributed by atoms with Gasteiger partial charge in [0.15, 0.2) is 0 Å². The molecule has 0 spiro atoms. The van der Waals surface area contributed by atoms with Crippen LogP contribution in [0.25, 0.3) is 11.3 Å². The Kier molecular flexibility index (Phi) is 7.13. The van der Waals surface area contributed by atoms with Gasteiger partial charge in [-0.3, -0.25) is 14.6 Å². The van der Waals surface area contributed by atoms with Crippen LogP contribution in [-0.2, 0) is 4.79 Å². The summed E-state index contributed by atoms with van der Waals surface area (Å²) in [5, 5.41) is 3.27. The van der Waals surface area contributed by atoms with Crippen LogP contribution < -0.4 is 20.5 Å². The Labute approximate surface area is 194 Å². The van der Waals surface area contributed by atoms with E-state index in [4.69, 9.17) is 4.74 Å². The van der Waals surface area contributed by atoms with Crippen molar-refractivity contribution in [2.24, 2.45) is 5.92 Å². The predicted octanol–water partition coefficient (Wildman–Crippen LogP) is 2.43. The average molecular weight is 452 g/mol. The minimum atomic E-state index is -0.119. The molecule has 1 saturated carbocycles. The molecule has 2 aliphatic rings. The van der Waals surface area contributed by atoms with E-state index in [0.717, 1.165) is 17.8 Å². The van der Waals surface area contributed by atoms with Gasteiger partial charge < -0.3 is 24.8 Å². The molecule has 8 nitrogen and oxygen atoms in total. The van der Waals surface area contributed by atoms with Crippen molar-refractivity contribution < 1.29 is 9.53 Å². The van der Waals surface area contributed by atoms with E-state index in [9.17, 15) is 9.59 Å². The Bertz CT molecular complexity index is 1050. The van der Waals surface area contributed by atoms with Crippen LogP contribution in [0.1, 0.15) is 26.7 Å². The van der Waals surface area contributed by atoms with Gasteiger partial charge in [-0.25, -0.2) is 0 Å². The predicted molar refractivity (Wildman–Crippen MR) is 130 cm³/mol. The fourth-order valence-corrected chi connectivity index (χ4v) is 3.95. The van der Waals surface area contributed by atoms with Crippen LogP contribution in [0.3, 0.4) is 0 Å². The standard InChI is InChI=1S/C25H33N5O3/c1-17(2)26-9-4-5-24(31)29-15-20(16-29)30(14-18-6-7-18)23-11-19(13-28-25(23)32)22-12-21(33-3)8-10-27-22/h4-5,8,10-13,17-18,20,26H,6-7,9,14-16H2,1-3H3,(H,28,32). The van der Waals surface area contributed by atoms with Crippen LogP contribution in [0.2, 0.25) is 0 Å². The van der Waals surface area contributed by atoms with Crippen LogP contribution >= 0.6 is 0 Å². The molecule has 2 fully saturated rings. The zero-order valence-electron chi connectivity index (χ0n) is 19.6. The summed E-state index contributed by atoms with van der Waals surface area (Å²) in [7, 11) is 1.62. The number of amides is 1. The van der Waals surface area contributed by atoms with E-state index in [2.05, 4.69) is 34.0 Å². The van der Waals surface area contributed by atoms with Gasteiger partial charge in [-0.1, -0.05) is 19.9 Å². The van der Waals surface area contributed by atoms with E-state index in [1.54, 1.807) is 31.6 Å². The summed E-state index contributed by atoms with van der Waals surface area (Å²) < 4.78 is 5.32. The van der Waals surface area contributed by atoms with Gasteiger partial charge >= 0.3 is 0 Å². The second kappa shape index (κ2) is 10.2. The summed E-state index contributed by atoms with van der Waals surface area (Å²) in [5.74, 6) is 1.34. The number of ether oxygens (including phenoxy) is 1. The van der Waals surface area contributed by atoms with Crippen molar-refractivity contribution in [2.45, 2.75) is 38.8 Å². The molecule has 0 bridgehead atoms. The van der Waals surface area contributed by atoms with Crippen molar-refractivity contribution in [2.75, 3.05) is 38.2 Å². The fraction of sp³-hybridized carbons (Fsp3) is 0.480. The second-order valence-electron chi connectivity index (χ2n) is 9.14. The monoisotopic (exact) mass is 451 g/mol. The topological polar surface area (TPSA) is 90.6 Å². The smallest absolute Gasteiger partial charge is 0.271 e. The molecule has 1 saturated heterocycles. The van der Waals surface area contributed by atoms with Gasteiger partial charge in [0.2, 0.25) is 5.91 Å². The molecule has 1 aliphatic carbocycles. The molecule has 2 N–H and O–H groups in total. The Morgan fingerprint density at radius 2 is 2.15 bits per heavy atom. The van der Waals surface area contributed by atoms with Crippen LogP contribution in [0.15, 0.2) is 47.5 Å². The number of hydrogen-bond acceptors (Lipinski definition) is 6. The highest BCUT2D eigenvalue weighted by molar-refractivity contribution is 5.88. The number of hydrogen-bond donors (Lipinski definition) is 2. The molecular weight excluding hydrogens is 418 g/mol. The van der Waals surface area contributed by atoms with Gasteiger partial charge in [0, 0.05) is 62.3 Å². The van der Waals surface area contributed by atoms with Crippen molar-refractivity contribution in [3.8, 4) is 17.0 Å². The lowest BCUT2D eigenvalue weighted by atomic mass is 10.0. The number of carbonyl (C=O) groups is 1. The minimum absolute atomic E-state index is 0.0198. The van der Waals surface area contributed by atoms with Crippen molar-refractivity contribution in [3.05, 3.63) is 53.1 Å². The quantitative estimate of drug-likeness (QED) is 0.539. The number of carbonyl (C=O) groups excluding carboxylic acids is 1. The first-order chi connectivity index (χ1) is 15.9. The van der Waals surface area contributed by atoms with E-state index in [1.807, 2.05) is 23.1 Å². The maximum Gasteiger partial charge on any atom is 0.271 e. The molecule has 0 aromatic carbocycles. The second-order valence-corrected chi connectivity index (χ2v) is 9.14. The first kappa shape index (κ1) is 23.0. The van der Waals surface area contributed by atoms with Crippen molar-refractivity contribution in [1.82, 2.24) is 20.2 Å². The number of aromatic amines is 1. The molecular formula is C25H33N5O3. The Balaban J connectivity index is 1.48. The maximum atomic E-state index is 12.8. The summed E-state index contributed by atoms with van der Waals surface area (Å²) in [6.45, 7) is 6.90. The molecule has 0 atom stereocenters. The maximum absolute atomic E-state index is 12.8. The van der Waals surface area contributed by atoms with Crippen LogP contribution in [0, 0.1) is 5.92 Å². The molecule has 8 heteroatoms. The highest BCUT2D eigenvalue weighted by atomic mass is 16.5. The third-order valence-corrected chi connectivity index (χ3v) is 6.13. The lowest BCUT2D eigenvalue weighted by Gasteiger charge is -2.46. The van der Waals surface area contributed by atoms with E-state index in [-0.39, 0.29) is 17.5 Å². The molecule has 1 aliphatic heterocycles. The number of nitrogens with zero attached hydrogens (tertiary/aromatic N) is 3. The number of pyridine rings is 2. The van der Waals surface area contributed by atoms with Crippen LogP contribution in [0.5, 0.6) is 5.75 Å². The third-order valence-electron chi connectivity index (χ3n) is 6.13. The van der Waals surface area contributed by atoms with Gasteiger partial charge in [-0.05, 0) is 30.9 Å². The molecule has 2 aromatic rings. The van der Waals surface area contributed by atoms with E-state index in [0.29, 0.717) is 43.0 Å².